The highest BCUT2D eigenvalue weighted by atomic mass is 32.1. The van der Waals surface area contributed by atoms with E-state index in [9.17, 15) is 4.79 Å². The summed E-state index contributed by atoms with van der Waals surface area (Å²) >= 11 is 4.00. The highest BCUT2D eigenvalue weighted by Crippen LogP contribution is 2.10. The molecule has 0 atom stereocenters. The summed E-state index contributed by atoms with van der Waals surface area (Å²) in [6.07, 6.45) is 2.29. The summed E-state index contributed by atoms with van der Waals surface area (Å²) in [6.45, 7) is 8.06. The van der Waals surface area contributed by atoms with Crippen molar-refractivity contribution in [1.29, 1.82) is 0 Å². The van der Waals surface area contributed by atoms with Gasteiger partial charge < -0.3 is 4.90 Å². The van der Waals surface area contributed by atoms with Crippen molar-refractivity contribution in [1.82, 2.24) is 4.90 Å². The molecule has 0 spiro atoms. The number of thiol groups is 1. The molecular weight excluding hydrogens is 182 g/mol. The lowest BCUT2D eigenvalue weighted by atomic mass is 10.0. The largest absolute Gasteiger partial charge is 0.342 e. The van der Waals surface area contributed by atoms with E-state index in [2.05, 4.69) is 26.5 Å². The summed E-state index contributed by atoms with van der Waals surface area (Å²) in [4.78, 5) is 13.3. The molecule has 0 fully saturated rings. The quantitative estimate of drug-likeness (QED) is 0.656. The van der Waals surface area contributed by atoms with Gasteiger partial charge in [-0.1, -0.05) is 26.7 Å². The fourth-order valence-corrected chi connectivity index (χ4v) is 1.57. The number of hydrogen-bond acceptors (Lipinski definition) is 2. The van der Waals surface area contributed by atoms with Gasteiger partial charge in [0, 0.05) is 13.1 Å². The standard InChI is InChI=1S/C10H21NOS/c1-4-9(5-2)7-11(6-3)10(12)8-13/h9,13H,4-8H2,1-3H3. The van der Waals surface area contributed by atoms with E-state index in [0.29, 0.717) is 11.7 Å². The molecule has 0 aliphatic heterocycles. The lowest BCUT2D eigenvalue weighted by Gasteiger charge is -2.24. The molecule has 0 unspecified atom stereocenters. The van der Waals surface area contributed by atoms with E-state index in [-0.39, 0.29) is 5.91 Å². The molecule has 0 heterocycles. The first-order valence-electron chi connectivity index (χ1n) is 5.08. The smallest absolute Gasteiger partial charge is 0.232 e. The molecule has 3 heteroatoms. The third kappa shape index (κ3) is 4.55. The molecule has 0 saturated carbocycles. The number of hydrogen-bond donors (Lipinski definition) is 1. The number of amides is 1. The second kappa shape index (κ2) is 7.25. The Morgan fingerprint density at radius 1 is 1.31 bits per heavy atom. The van der Waals surface area contributed by atoms with E-state index >= 15 is 0 Å². The van der Waals surface area contributed by atoms with E-state index < -0.39 is 0 Å². The zero-order valence-corrected chi connectivity index (χ0v) is 9.81. The summed E-state index contributed by atoms with van der Waals surface area (Å²) < 4.78 is 0. The van der Waals surface area contributed by atoms with Crippen LogP contribution in [-0.2, 0) is 4.79 Å². The summed E-state index contributed by atoms with van der Waals surface area (Å²) in [5.41, 5.74) is 0. The average molecular weight is 203 g/mol. The van der Waals surface area contributed by atoms with Crippen molar-refractivity contribution in [2.24, 2.45) is 5.92 Å². The zero-order chi connectivity index (χ0) is 10.3. The Bertz CT molecular complexity index is 146. The maximum atomic E-state index is 11.4. The molecule has 0 aromatic carbocycles. The minimum atomic E-state index is 0.151. The summed E-state index contributed by atoms with van der Waals surface area (Å²) in [7, 11) is 0. The van der Waals surface area contributed by atoms with Crippen molar-refractivity contribution in [2.45, 2.75) is 33.6 Å². The molecule has 0 aromatic heterocycles. The lowest BCUT2D eigenvalue weighted by molar-refractivity contribution is -0.128. The SMILES string of the molecule is CCC(CC)CN(CC)C(=O)CS. The van der Waals surface area contributed by atoms with E-state index in [0.717, 1.165) is 25.9 Å². The van der Waals surface area contributed by atoms with Gasteiger partial charge in [-0.2, -0.15) is 12.6 Å². The molecule has 0 rings (SSSR count). The number of rotatable bonds is 6. The van der Waals surface area contributed by atoms with Crippen LogP contribution in [0.4, 0.5) is 0 Å². The van der Waals surface area contributed by atoms with Crippen LogP contribution in [0.5, 0.6) is 0 Å². The Hall–Kier alpha value is -0.180. The molecule has 0 bridgehead atoms. The van der Waals surface area contributed by atoms with Gasteiger partial charge in [0.05, 0.1) is 5.75 Å². The van der Waals surface area contributed by atoms with Gasteiger partial charge in [0.15, 0.2) is 0 Å². The van der Waals surface area contributed by atoms with E-state index in [1.807, 2.05) is 11.8 Å². The molecule has 13 heavy (non-hydrogen) atoms. The molecular formula is C10H21NOS. The number of carbonyl (C=O) groups excluding carboxylic acids is 1. The van der Waals surface area contributed by atoms with Gasteiger partial charge in [0.25, 0.3) is 0 Å². The topological polar surface area (TPSA) is 20.3 Å². The van der Waals surface area contributed by atoms with Crippen LogP contribution in [0.25, 0.3) is 0 Å². The molecule has 0 saturated heterocycles. The Balaban J connectivity index is 4.02. The second-order valence-corrected chi connectivity index (χ2v) is 3.59. The molecule has 0 aromatic rings. The maximum absolute atomic E-state index is 11.4. The van der Waals surface area contributed by atoms with Crippen molar-refractivity contribution < 1.29 is 4.79 Å². The second-order valence-electron chi connectivity index (χ2n) is 3.27. The normalized spacial score (nSPS) is 10.5. The minimum Gasteiger partial charge on any atom is -0.342 e. The van der Waals surface area contributed by atoms with Gasteiger partial charge in [0.2, 0.25) is 5.91 Å². The first-order chi connectivity index (χ1) is 6.19. The fraction of sp³-hybridized carbons (Fsp3) is 0.900. The van der Waals surface area contributed by atoms with Crippen LogP contribution in [0.1, 0.15) is 33.6 Å². The Morgan fingerprint density at radius 3 is 2.15 bits per heavy atom. The molecule has 0 radical (unpaired) electrons. The van der Waals surface area contributed by atoms with Crippen molar-refractivity contribution >= 4 is 18.5 Å². The van der Waals surface area contributed by atoms with Gasteiger partial charge in [-0.05, 0) is 12.8 Å². The average Bonchev–Trinajstić information content (AvgIpc) is 2.19. The first-order valence-corrected chi connectivity index (χ1v) is 5.71. The third-order valence-corrected chi connectivity index (χ3v) is 2.77. The minimum absolute atomic E-state index is 0.151. The summed E-state index contributed by atoms with van der Waals surface area (Å²) in [5.74, 6) is 1.12. The Morgan fingerprint density at radius 2 is 1.85 bits per heavy atom. The third-order valence-electron chi connectivity index (χ3n) is 2.50. The van der Waals surface area contributed by atoms with E-state index in [4.69, 9.17) is 0 Å². The molecule has 0 N–H and O–H groups in total. The zero-order valence-electron chi connectivity index (χ0n) is 8.92. The fourth-order valence-electron chi connectivity index (χ4n) is 1.37. The van der Waals surface area contributed by atoms with Crippen molar-refractivity contribution in [3.63, 3.8) is 0 Å². The molecule has 1 amide bonds. The molecule has 0 aliphatic carbocycles. The Labute approximate surface area is 87.1 Å². The van der Waals surface area contributed by atoms with E-state index in [1.54, 1.807) is 0 Å². The highest BCUT2D eigenvalue weighted by Gasteiger charge is 2.13. The van der Waals surface area contributed by atoms with Gasteiger partial charge in [-0.3, -0.25) is 4.79 Å². The van der Waals surface area contributed by atoms with Gasteiger partial charge >= 0.3 is 0 Å². The summed E-state index contributed by atoms with van der Waals surface area (Å²) in [6, 6.07) is 0. The highest BCUT2D eigenvalue weighted by molar-refractivity contribution is 7.81. The van der Waals surface area contributed by atoms with Crippen LogP contribution < -0.4 is 0 Å². The monoisotopic (exact) mass is 203 g/mol. The van der Waals surface area contributed by atoms with Crippen molar-refractivity contribution in [2.75, 3.05) is 18.8 Å². The van der Waals surface area contributed by atoms with Crippen molar-refractivity contribution in [3.8, 4) is 0 Å². The van der Waals surface area contributed by atoms with Crippen molar-refractivity contribution in [3.05, 3.63) is 0 Å². The van der Waals surface area contributed by atoms with Crippen LogP contribution in [0.2, 0.25) is 0 Å². The van der Waals surface area contributed by atoms with Gasteiger partial charge in [-0.15, -0.1) is 0 Å². The summed E-state index contributed by atoms with van der Waals surface area (Å²) in [5, 5.41) is 0. The predicted octanol–water partition coefficient (Wildman–Crippen LogP) is 2.20. The van der Waals surface area contributed by atoms with Crippen LogP contribution in [-0.4, -0.2) is 29.6 Å². The van der Waals surface area contributed by atoms with Gasteiger partial charge in [0.1, 0.15) is 0 Å². The molecule has 2 nitrogen and oxygen atoms in total. The number of carbonyl (C=O) groups is 1. The Kier molecular flexibility index (Phi) is 7.14. The predicted molar refractivity (Wildman–Crippen MR) is 60.2 cm³/mol. The van der Waals surface area contributed by atoms with Crippen LogP contribution in [0.15, 0.2) is 0 Å². The van der Waals surface area contributed by atoms with E-state index in [1.165, 1.54) is 0 Å². The molecule has 0 aliphatic rings. The number of nitrogens with zero attached hydrogens (tertiary/aromatic N) is 1. The maximum Gasteiger partial charge on any atom is 0.232 e. The first kappa shape index (κ1) is 12.8. The van der Waals surface area contributed by atoms with Crippen LogP contribution >= 0.6 is 12.6 Å². The van der Waals surface area contributed by atoms with Crippen LogP contribution in [0, 0.1) is 5.92 Å². The lowest BCUT2D eigenvalue weighted by Crippen LogP contribution is -2.35. The van der Waals surface area contributed by atoms with Gasteiger partial charge in [-0.25, -0.2) is 0 Å². The molecule has 78 valence electrons. The van der Waals surface area contributed by atoms with Crippen LogP contribution in [0.3, 0.4) is 0 Å².